The Balaban J connectivity index is 2.21. The maximum atomic E-state index is 11.3. The van der Waals surface area contributed by atoms with Crippen molar-refractivity contribution in [1.82, 2.24) is 0 Å². The van der Waals surface area contributed by atoms with Gasteiger partial charge in [-0.3, -0.25) is 10.1 Å². The van der Waals surface area contributed by atoms with E-state index in [0.29, 0.717) is 6.61 Å². The average molecular weight is 371 g/mol. The highest BCUT2D eigenvalue weighted by Crippen LogP contribution is 2.27. The molecule has 0 saturated carbocycles. The molecule has 1 aromatic carbocycles. The van der Waals surface area contributed by atoms with E-state index in [0.717, 1.165) is 25.3 Å². The quantitative estimate of drug-likeness (QED) is 0.202. The third-order valence-electron chi connectivity index (χ3n) is 4.08. The van der Waals surface area contributed by atoms with Crippen molar-refractivity contribution < 1.29 is 18.4 Å². The summed E-state index contributed by atoms with van der Waals surface area (Å²) in [6, 6.07) is 3.76. The van der Waals surface area contributed by atoms with Crippen molar-refractivity contribution in [3.8, 4) is 5.75 Å². The number of benzene rings is 1. The first-order valence-corrected chi connectivity index (χ1v) is 10.2. The molecule has 0 aromatic heterocycles. The van der Waals surface area contributed by atoms with Gasteiger partial charge in [-0.25, -0.2) is 4.21 Å². The SMILES string of the molecule is CCCCCCCCCCCCOc1ccc([N+](=O)[O-])cc1S(=O)O. The standard InChI is InChI=1S/C18H29NO5S/c1-2-3-4-5-6-7-8-9-10-11-14-24-17-13-12-16(19(20)21)15-18(17)25(22)23/h12-13,15H,2-11,14H2,1H3,(H,22,23). The lowest BCUT2D eigenvalue weighted by Crippen LogP contribution is -2.02. The highest BCUT2D eigenvalue weighted by Gasteiger charge is 2.15. The molecule has 1 aromatic rings. The topological polar surface area (TPSA) is 89.7 Å². The second-order valence-corrected chi connectivity index (χ2v) is 7.11. The van der Waals surface area contributed by atoms with Crippen LogP contribution in [0.3, 0.4) is 0 Å². The van der Waals surface area contributed by atoms with Gasteiger partial charge in [0, 0.05) is 12.1 Å². The molecule has 0 amide bonds. The molecular weight excluding hydrogens is 342 g/mol. The Morgan fingerprint density at radius 1 is 1.04 bits per heavy atom. The van der Waals surface area contributed by atoms with Crippen molar-refractivity contribution in [2.24, 2.45) is 0 Å². The molecule has 0 aliphatic carbocycles. The summed E-state index contributed by atoms with van der Waals surface area (Å²) >= 11 is -2.31. The zero-order valence-corrected chi connectivity index (χ0v) is 15.8. The number of ether oxygens (including phenoxy) is 1. The predicted molar refractivity (Wildman–Crippen MR) is 99.5 cm³/mol. The van der Waals surface area contributed by atoms with Crippen LogP contribution in [0, 0.1) is 10.1 Å². The normalized spacial score (nSPS) is 12.1. The average Bonchev–Trinajstić information content (AvgIpc) is 2.59. The maximum absolute atomic E-state index is 11.3. The first-order chi connectivity index (χ1) is 12.1. The monoisotopic (exact) mass is 371 g/mol. The molecule has 1 rings (SSSR count). The fraction of sp³-hybridized carbons (Fsp3) is 0.667. The lowest BCUT2D eigenvalue weighted by Gasteiger charge is -2.09. The van der Waals surface area contributed by atoms with E-state index in [1.54, 1.807) is 0 Å². The maximum Gasteiger partial charge on any atom is 0.271 e. The van der Waals surface area contributed by atoms with Crippen molar-refractivity contribution in [2.45, 2.75) is 76.0 Å². The van der Waals surface area contributed by atoms with Crippen LogP contribution in [0.2, 0.25) is 0 Å². The third-order valence-corrected chi connectivity index (χ3v) is 4.78. The molecule has 0 aliphatic rings. The second-order valence-electron chi connectivity index (χ2n) is 6.17. The number of hydrogen-bond donors (Lipinski definition) is 1. The van der Waals surface area contributed by atoms with Crippen LogP contribution in [0.4, 0.5) is 5.69 Å². The van der Waals surface area contributed by atoms with Crippen molar-refractivity contribution >= 4 is 16.8 Å². The molecule has 0 radical (unpaired) electrons. The summed E-state index contributed by atoms with van der Waals surface area (Å²) in [6.45, 7) is 2.67. The Hall–Kier alpha value is -1.47. The van der Waals surface area contributed by atoms with Gasteiger partial charge in [0.1, 0.15) is 10.6 Å². The molecule has 0 spiro atoms. The van der Waals surface area contributed by atoms with E-state index in [1.807, 2.05) is 0 Å². The van der Waals surface area contributed by atoms with Gasteiger partial charge in [0.25, 0.3) is 5.69 Å². The zero-order chi connectivity index (χ0) is 18.5. The van der Waals surface area contributed by atoms with Gasteiger partial charge in [-0.2, -0.15) is 0 Å². The number of rotatable bonds is 14. The Morgan fingerprint density at radius 3 is 2.12 bits per heavy atom. The van der Waals surface area contributed by atoms with Crippen molar-refractivity contribution in [1.29, 1.82) is 0 Å². The van der Waals surface area contributed by atoms with Crippen molar-refractivity contribution in [2.75, 3.05) is 6.61 Å². The Kier molecular flexibility index (Phi) is 11.1. The molecule has 7 heteroatoms. The van der Waals surface area contributed by atoms with Crippen molar-refractivity contribution in [3.63, 3.8) is 0 Å². The fourth-order valence-electron chi connectivity index (χ4n) is 2.64. The minimum Gasteiger partial charge on any atom is -0.492 e. The molecule has 0 bridgehead atoms. The summed E-state index contributed by atoms with van der Waals surface area (Å²) in [4.78, 5) is 10.1. The zero-order valence-electron chi connectivity index (χ0n) is 14.9. The number of nitro benzene ring substituents is 1. The van der Waals surface area contributed by atoms with Crippen LogP contribution in [0.1, 0.15) is 71.1 Å². The van der Waals surface area contributed by atoms with Gasteiger partial charge in [0.2, 0.25) is 0 Å². The van der Waals surface area contributed by atoms with Crippen LogP contribution < -0.4 is 4.74 Å². The largest absolute Gasteiger partial charge is 0.492 e. The molecule has 1 N–H and O–H groups in total. The van der Waals surface area contributed by atoms with Crippen LogP contribution in [-0.4, -0.2) is 20.3 Å². The number of hydrogen-bond acceptors (Lipinski definition) is 4. The highest BCUT2D eigenvalue weighted by atomic mass is 32.2. The number of nitrogens with zero attached hydrogens (tertiary/aromatic N) is 1. The molecule has 1 unspecified atom stereocenters. The second kappa shape index (κ2) is 12.8. The van der Waals surface area contributed by atoms with Gasteiger partial charge in [-0.1, -0.05) is 64.7 Å². The van der Waals surface area contributed by atoms with Crippen LogP contribution in [0.25, 0.3) is 0 Å². The summed E-state index contributed by atoms with van der Waals surface area (Å²) in [5, 5.41) is 10.7. The predicted octanol–water partition coefficient (Wildman–Crippen LogP) is 5.48. The van der Waals surface area contributed by atoms with Crippen LogP contribution in [0.5, 0.6) is 5.75 Å². The summed E-state index contributed by atoms with van der Waals surface area (Å²) in [5.41, 5.74) is -0.219. The molecular formula is C18H29NO5S. The fourth-order valence-corrected chi connectivity index (χ4v) is 3.16. The molecule has 142 valence electrons. The number of nitro groups is 1. The van der Waals surface area contributed by atoms with Crippen LogP contribution in [-0.2, 0) is 11.1 Å². The summed E-state index contributed by atoms with van der Waals surface area (Å²) in [5.74, 6) is 0.238. The Bertz CT molecular complexity index is 550. The van der Waals surface area contributed by atoms with Crippen LogP contribution >= 0.6 is 0 Å². The van der Waals surface area contributed by atoms with E-state index < -0.39 is 16.0 Å². The molecule has 1 atom stereocenters. The Labute approximate surface area is 152 Å². The van der Waals surface area contributed by atoms with E-state index in [9.17, 15) is 18.9 Å². The lowest BCUT2D eigenvalue weighted by atomic mass is 10.1. The summed E-state index contributed by atoms with van der Waals surface area (Å²) in [6.07, 6.45) is 12.2. The van der Waals surface area contributed by atoms with Crippen LogP contribution in [0.15, 0.2) is 23.1 Å². The van der Waals surface area contributed by atoms with Gasteiger partial charge < -0.3 is 9.29 Å². The van der Waals surface area contributed by atoms with E-state index >= 15 is 0 Å². The molecule has 0 fully saturated rings. The van der Waals surface area contributed by atoms with Gasteiger partial charge in [-0.15, -0.1) is 0 Å². The first-order valence-electron chi connectivity index (χ1n) is 9.08. The molecule has 0 aliphatic heterocycles. The van der Waals surface area contributed by atoms with E-state index in [1.165, 1.54) is 57.1 Å². The molecule has 6 nitrogen and oxygen atoms in total. The van der Waals surface area contributed by atoms with E-state index in [-0.39, 0.29) is 16.3 Å². The summed E-state index contributed by atoms with van der Waals surface area (Å²) < 4.78 is 26.1. The van der Waals surface area contributed by atoms with Gasteiger partial charge >= 0.3 is 0 Å². The number of non-ortho nitro benzene ring substituents is 1. The third kappa shape index (κ3) is 8.97. The first kappa shape index (κ1) is 21.6. The highest BCUT2D eigenvalue weighted by molar-refractivity contribution is 7.79. The van der Waals surface area contributed by atoms with Gasteiger partial charge in [0.05, 0.1) is 11.5 Å². The molecule has 0 heterocycles. The van der Waals surface area contributed by atoms with E-state index in [2.05, 4.69) is 6.92 Å². The Morgan fingerprint density at radius 2 is 1.60 bits per heavy atom. The van der Waals surface area contributed by atoms with E-state index in [4.69, 9.17) is 4.74 Å². The van der Waals surface area contributed by atoms with Gasteiger partial charge in [0.15, 0.2) is 11.1 Å². The van der Waals surface area contributed by atoms with Crippen molar-refractivity contribution in [3.05, 3.63) is 28.3 Å². The minimum absolute atomic E-state index is 0.0544. The number of unbranched alkanes of at least 4 members (excludes halogenated alkanes) is 9. The lowest BCUT2D eigenvalue weighted by molar-refractivity contribution is -0.385. The molecule has 0 saturated heterocycles. The summed E-state index contributed by atoms with van der Waals surface area (Å²) in [7, 11) is 0. The van der Waals surface area contributed by atoms with Gasteiger partial charge in [-0.05, 0) is 12.5 Å². The smallest absolute Gasteiger partial charge is 0.271 e. The minimum atomic E-state index is -2.31. The molecule has 25 heavy (non-hydrogen) atoms.